The van der Waals surface area contributed by atoms with Crippen molar-refractivity contribution in [1.82, 2.24) is 4.90 Å². The molecule has 1 rings (SSSR count). The third-order valence-corrected chi connectivity index (χ3v) is 2.35. The Balaban J connectivity index is 3.27. The van der Waals surface area contributed by atoms with Gasteiger partial charge in [0.05, 0.1) is 12.0 Å². The molecule has 8 heteroatoms. The molecule has 0 atom stereocenters. The number of amides is 1. The summed E-state index contributed by atoms with van der Waals surface area (Å²) >= 11 is 0. The van der Waals surface area contributed by atoms with Gasteiger partial charge in [0.15, 0.2) is 5.56 Å². The first kappa shape index (κ1) is 14.4. The number of ether oxygens (including phenoxy) is 1. The Hall–Kier alpha value is -2.64. The van der Waals surface area contributed by atoms with E-state index in [1.165, 1.54) is 26.3 Å². The molecule has 0 aliphatic carbocycles. The van der Waals surface area contributed by atoms with Crippen LogP contribution in [0.4, 0.5) is 5.69 Å². The van der Waals surface area contributed by atoms with E-state index in [-0.39, 0.29) is 11.3 Å². The van der Waals surface area contributed by atoms with E-state index in [2.05, 4.69) is 0 Å². The minimum Gasteiger partial charge on any atom is -0.496 e. The molecule has 0 bridgehead atoms. The normalized spacial score (nSPS) is 9.79. The van der Waals surface area contributed by atoms with E-state index in [4.69, 9.17) is 9.84 Å². The molecule has 0 spiro atoms. The fourth-order valence-corrected chi connectivity index (χ4v) is 1.52. The van der Waals surface area contributed by atoms with Crippen LogP contribution in [0.1, 0.15) is 10.4 Å². The number of nitrogens with zero attached hydrogens (tertiary/aromatic N) is 2. The third-order valence-electron chi connectivity index (χ3n) is 2.35. The second kappa shape index (κ2) is 5.80. The first-order valence-electron chi connectivity index (χ1n) is 5.17. The largest absolute Gasteiger partial charge is 0.496 e. The molecule has 8 nitrogen and oxygen atoms in total. The average molecular weight is 268 g/mol. The number of nitro groups is 1. The lowest BCUT2D eigenvalue weighted by atomic mass is 10.1. The van der Waals surface area contributed by atoms with Gasteiger partial charge >= 0.3 is 5.97 Å². The molecule has 0 aliphatic rings. The highest BCUT2D eigenvalue weighted by Gasteiger charge is 2.27. The highest BCUT2D eigenvalue weighted by atomic mass is 16.6. The number of aliphatic carboxylic acids is 1. The van der Waals surface area contributed by atoms with Gasteiger partial charge in [-0.25, -0.2) is 0 Å². The van der Waals surface area contributed by atoms with E-state index in [0.29, 0.717) is 0 Å². The van der Waals surface area contributed by atoms with Crippen LogP contribution in [0.3, 0.4) is 0 Å². The minimum absolute atomic E-state index is 0.0245. The average Bonchev–Trinajstić information content (AvgIpc) is 2.35. The van der Waals surface area contributed by atoms with E-state index in [1.54, 1.807) is 0 Å². The standard InChI is InChI=1S/C11H12N2O6/c1-12(6-9(14)15)11(16)10-7(13(17)18)4-3-5-8(10)19-2/h3-5H,6H2,1-2H3,(H,14,15). The van der Waals surface area contributed by atoms with Crippen LogP contribution in [-0.4, -0.2) is 47.5 Å². The minimum atomic E-state index is -1.21. The van der Waals surface area contributed by atoms with Crippen molar-refractivity contribution >= 4 is 17.6 Å². The van der Waals surface area contributed by atoms with Gasteiger partial charge in [-0.3, -0.25) is 19.7 Å². The number of hydrogen-bond donors (Lipinski definition) is 1. The zero-order chi connectivity index (χ0) is 14.6. The van der Waals surface area contributed by atoms with Crippen molar-refractivity contribution in [1.29, 1.82) is 0 Å². The molecule has 1 aromatic carbocycles. The van der Waals surface area contributed by atoms with Crippen LogP contribution in [0, 0.1) is 10.1 Å². The molecule has 1 N–H and O–H groups in total. The maximum atomic E-state index is 12.1. The molecule has 0 aliphatic heterocycles. The predicted octanol–water partition coefficient (Wildman–Crippen LogP) is 0.760. The number of likely N-dealkylation sites (N-methyl/N-ethyl adjacent to an activating group) is 1. The quantitative estimate of drug-likeness (QED) is 0.623. The van der Waals surface area contributed by atoms with E-state index >= 15 is 0 Å². The fraction of sp³-hybridized carbons (Fsp3) is 0.273. The molecule has 1 aromatic rings. The summed E-state index contributed by atoms with van der Waals surface area (Å²) in [5.41, 5.74) is -0.694. The molecular formula is C11H12N2O6. The second-order valence-corrected chi connectivity index (χ2v) is 3.67. The van der Waals surface area contributed by atoms with Crippen molar-refractivity contribution in [3.63, 3.8) is 0 Å². The molecule has 0 aromatic heterocycles. The van der Waals surface area contributed by atoms with Crippen LogP contribution >= 0.6 is 0 Å². The number of hydrogen-bond acceptors (Lipinski definition) is 5. The van der Waals surface area contributed by atoms with E-state index < -0.39 is 29.0 Å². The van der Waals surface area contributed by atoms with Gasteiger partial charge in [-0.15, -0.1) is 0 Å². The lowest BCUT2D eigenvalue weighted by Crippen LogP contribution is -2.32. The van der Waals surface area contributed by atoms with Crippen molar-refractivity contribution in [2.45, 2.75) is 0 Å². The van der Waals surface area contributed by atoms with Gasteiger partial charge in [-0.05, 0) is 6.07 Å². The molecular weight excluding hydrogens is 256 g/mol. The number of nitro benzene ring substituents is 1. The Kier molecular flexibility index (Phi) is 4.41. The summed E-state index contributed by atoms with van der Waals surface area (Å²) in [5.74, 6) is -1.98. The highest BCUT2D eigenvalue weighted by Crippen LogP contribution is 2.29. The van der Waals surface area contributed by atoms with Crippen LogP contribution < -0.4 is 4.74 Å². The number of carbonyl (C=O) groups is 2. The zero-order valence-electron chi connectivity index (χ0n) is 10.3. The second-order valence-electron chi connectivity index (χ2n) is 3.67. The van der Waals surface area contributed by atoms with Gasteiger partial charge in [0.1, 0.15) is 12.3 Å². The third kappa shape index (κ3) is 3.18. The lowest BCUT2D eigenvalue weighted by molar-refractivity contribution is -0.385. The fourth-order valence-electron chi connectivity index (χ4n) is 1.52. The van der Waals surface area contributed by atoms with Crippen LogP contribution in [0.2, 0.25) is 0 Å². The van der Waals surface area contributed by atoms with Crippen molar-refractivity contribution in [3.8, 4) is 5.75 Å². The molecule has 0 radical (unpaired) electrons. The summed E-state index contributed by atoms with van der Waals surface area (Å²) in [7, 11) is 2.51. The van der Waals surface area contributed by atoms with Gasteiger partial charge in [-0.1, -0.05) is 6.07 Å². The predicted molar refractivity (Wildman–Crippen MR) is 64.2 cm³/mol. The maximum absolute atomic E-state index is 12.1. The van der Waals surface area contributed by atoms with Gasteiger partial charge in [-0.2, -0.15) is 0 Å². The topological polar surface area (TPSA) is 110 Å². The van der Waals surface area contributed by atoms with Crippen molar-refractivity contribution in [3.05, 3.63) is 33.9 Å². The smallest absolute Gasteiger partial charge is 0.323 e. The first-order valence-corrected chi connectivity index (χ1v) is 5.17. The van der Waals surface area contributed by atoms with Crippen LogP contribution in [-0.2, 0) is 4.79 Å². The molecule has 0 fully saturated rings. The summed E-state index contributed by atoms with van der Waals surface area (Å²) in [6.07, 6.45) is 0. The van der Waals surface area contributed by atoms with Gasteiger partial charge < -0.3 is 14.7 Å². The molecule has 0 saturated carbocycles. The van der Waals surface area contributed by atoms with E-state index in [1.807, 2.05) is 0 Å². The molecule has 1 amide bonds. The maximum Gasteiger partial charge on any atom is 0.323 e. The molecule has 0 heterocycles. The SMILES string of the molecule is COc1cccc([N+](=O)[O-])c1C(=O)N(C)CC(=O)O. The number of carboxylic acid groups (broad SMARTS) is 1. The van der Waals surface area contributed by atoms with Crippen molar-refractivity contribution < 1.29 is 24.4 Å². The van der Waals surface area contributed by atoms with Gasteiger partial charge in [0, 0.05) is 13.1 Å². The summed E-state index contributed by atoms with van der Waals surface area (Å²) in [6.45, 7) is -0.561. The van der Waals surface area contributed by atoms with Crippen molar-refractivity contribution in [2.75, 3.05) is 20.7 Å². The molecule has 0 saturated heterocycles. The van der Waals surface area contributed by atoms with E-state index in [0.717, 1.165) is 11.0 Å². The monoisotopic (exact) mass is 268 g/mol. The number of carboxylic acids is 1. The first-order chi connectivity index (χ1) is 8.88. The van der Waals surface area contributed by atoms with E-state index in [9.17, 15) is 19.7 Å². The summed E-state index contributed by atoms with van der Waals surface area (Å²) in [5, 5.41) is 19.5. The zero-order valence-corrected chi connectivity index (χ0v) is 10.3. The van der Waals surface area contributed by atoms with Gasteiger partial charge in [0.25, 0.3) is 11.6 Å². The Labute approximate surface area is 108 Å². The lowest BCUT2D eigenvalue weighted by Gasteiger charge is -2.16. The highest BCUT2D eigenvalue weighted by molar-refractivity contribution is 6.01. The molecule has 19 heavy (non-hydrogen) atoms. The number of benzene rings is 1. The Morgan fingerprint density at radius 3 is 2.58 bits per heavy atom. The van der Waals surface area contributed by atoms with Crippen LogP contribution in [0.25, 0.3) is 0 Å². The summed E-state index contributed by atoms with van der Waals surface area (Å²) in [6, 6.07) is 3.93. The Bertz CT molecular complexity index is 528. The van der Waals surface area contributed by atoms with Crippen LogP contribution in [0.15, 0.2) is 18.2 Å². The van der Waals surface area contributed by atoms with Crippen LogP contribution in [0.5, 0.6) is 5.75 Å². The van der Waals surface area contributed by atoms with Crippen molar-refractivity contribution in [2.24, 2.45) is 0 Å². The summed E-state index contributed by atoms with van der Waals surface area (Å²) < 4.78 is 4.91. The summed E-state index contributed by atoms with van der Waals surface area (Å²) in [4.78, 5) is 33.7. The molecule has 0 unspecified atom stereocenters. The Morgan fingerprint density at radius 2 is 2.11 bits per heavy atom. The molecule has 102 valence electrons. The number of carbonyl (C=O) groups excluding carboxylic acids is 1. The number of rotatable bonds is 5. The van der Waals surface area contributed by atoms with Gasteiger partial charge in [0.2, 0.25) is 0 Å². The Morgan fingerprint density at radius 1 is 1.47 bits per heavy atom. The number of methoxy groups -OCH3 is 1.